The van der Waals surface area contributed by atoms with Crippen LogP contribution < -0.4 is 5.32 Å². The zero-order valence-corrected chi connectivity index (χ0v) is 16.7. The SMILES string of the molecule is CC(C)CN1CC[C@H](C(=O)N[C@@H](Cc2ccccc2)C(=O)N2CCCC2)C1. The average Bonchev–Trinajstić information content (AvgIpc) is 3.33. The minimum absolute atomic E-state index is 0.00611. The summed E-state index contributed by atoms with van der Waals surface area (Å²) < 4.78 is 0. The lowest BCUT2D eigenvalue weighted by Crippen LogP contribution is -2.50. The number of hydrogen-bond donors (Lipinski definition) is 1. The lowest BCUT2D eigenvalue weighted by Gasteiger charge is -2.25. The summed E-state index contributed by atoms with van der Waals surface area (Å²) in [6.45, 7) is 8.84. The Morgan fingerprint density at radius 2 is 1.81 bits per heavy atom. The van der Waals surface area contributed by atoms with Crippen molar-refractivity contribution < 1.29 is 9.59 Å². The molecule has 5 nitrogen and oxygen atoms in total. The Kier molecular flexibility index (Phi) is 6.89. The molecule has 0 saturated carbocycles. The van der Waals surface area contributed by atoms with E-state index in [0.717, 1.165) is 57.5 Å². The zero-order valence-electron chi connectivity index (χ0n) is 16.7. The molecule has 0 aromatic heterocycles. The van der Waals surface area contributed by atoms with Gasteiger partial charge in [0.25, 0.3) is 0 Å². The van der Waals surface area contributed by atoms with Crippen molar-refractivity contribution >= 4 is 11.8 Å². The maximum Gasteiger partial charge on any atom is 0.245 e. The van der Waals surface area contributed by atoms with Crippen LogP contribution >= 0.6 is 0 Å². The number of carbonyl (C=O) groups excluding carboxylic acids is 2. The fourth-order valence-electron chi connectivity index (χ4n) is 4.23. The second-order valence-electron chi connectivity index (χ2n) is 8.42. The first-order chi connectivity index (χ1) is 13.0. The highest BCUT2D eigenvalue weighted by Gasteiger charge is 2.33. The van der Waals surface area contributed by atoms with E-state index in [1.54, 1.807) is 0 Å². The Morgan fingerprint density at radius 3 is 2.48 bits per heavy atom. The molecular weight excluding hydrogens is 338 g/mol. The highest BCUT2D eigenvalue weighted by Crippen LogP contribution is 2.19. The molecule has 2 saturated heterocycles. The molecule has 2 heterocycles. The number of hydrogen-bond acceptors (Lipinski definition) is 3. The first-order valence-corrected chi connectivity index (χ1v) is 10.4. The fraction of sp³-hybridized carbons (Fsp3) is 0.636. The topological polar surface area (TPSA) is 52.7 Å². The third kappa shape index (κ3) is 5.55. The van der Waals surface area contributed by atoms with Gasteiger partial charge in [0.15, 0.2) is 0 Å². The molecule has 2 aliphatic rings. The molecule has 0 unspecified atom stereocenters. The molecule has 2 atom stereocenters. The number of carbonyl (C=O) groups is 2. The molecule has 1 aromatic carbocycles. The van der Waals surface area contributed by atoms with Gasteiger partial charge in [-0.25, -0.2) is 0 Å². The van der Waals surface area contributed by atoms with Gasteiger partial charge in [0.1, 0.15) is 6.04 Å². The number of likely N-dealkylation sites (tertiary alicyclic amines) is 2. The molecular formula is C22H33N3O2. The predicted octanol–water partition coefficient (Wildman–Crippen LogP) is 2.31. The number of nitrogens with one attached hydrogen (secondary N) is 1. The Labute approximate surface area is 163 Å². The van der Waals surface area contributed by atoms with Crippen molar-refractivity contribution in [3.63, 3.8) is 0 Å². The van der Waals surface area contributed by atoms with Gasteiger partial charge in [-0.05, 0) is 37.3 Å². The van der Waals surface area contributed by atoms with Gasteiger partial charge in [-0.1, -0.05) is 44.2 Å². The number of benzene rings is 1. The minimum Gasteiger partial charge on any atom is -0.344 e. The van der Waals surface area contributed by atoms with Crippen molar-refractivity contribution in [2.24, 2.45) is 11.8 Å². The van der Waals surface area contributed by atoms with Gasteiger partial charge in [0.05, 0.1) is 5.92 Å². The average molecular weight is 372 g/mol. The lowest BCUT2D eigenvalue weighted by atomic mass is 10.0. The van der Waals surface area contributed by atoms with E-state index < -0.39 is 6.04 Å². The smallest absolute Gasteiger partial charge is 0.245 e. The van der Waals surface area contributed by atoms with Crippen LogP contribution in [0.5, 0.6) is 0 Å². The summed E-state index contributed by atoms with van der Waals surface area (Å²) in [5, 5.41) is 3.10. The van der Waals surface area contributed by atoms with Crippen LogP contribution in [0.3, 0.4) is 0 Å². The van der Waals surface area contributed by atoms with E-state index in [4.69, 9.17) is 0 Å². The summed E-state index contributed by atoms with van der Waals surface area (Å²) >= 11 is 0. The summed E-state index contributed by atoms with van der Waals surface area (Å²) in [6.07, 6.45) is 3.56. The van der Waals surface area contributed by atoms with E-state index in [0.29, 0.717) is 12.3 Å². The molecule has 0 bridgehead atoms. The second-order valence-corrected chi connectivity index (χ2v) is 8.42. The molecule has 0 aliphatic carbocycles. The number of nitrogens with zero attached hydrogens (tertiary/aromatic N) is 2. The molecule has 0 radical (unpaired) electrons. The van der Waals surface area contributed by atoms with Crippen molar-refractivity contribution in [3.8, 4) is 0 Å². The summed E-state index contributed by atoms with van der Waals surface area (Å²) in [5.41, 5.74) is 1.09. The maximum absolute atomic E-state index is 13.0. The van der Waals surface area contributed by atoms with Crippen molar-refractivity contribution in [2.75, 3.05) is 32.7 Å². The highest BCUT2D eigenvalue weighted by molar-refractivity contribution is 5.89. The standard InChI is InChI=1S/C22H33N3O2/c1-17(2)15-24-13-10-19(16-24)21(26)23-20(14-18-8-4-3-5-9-18)22(27)25-11-6-7-12-25/h3-5,8-9,17,19-20H,6-7,10-16H2,1-2H3,(H,23,26)/t19-,20-/m0/s1. The molecule has 2 aliphatic heterocycles. The summed E-state index contributed by atoms with van der Waals surface area (Å²) in [7, 11) is 0. The van der Waals surface area contributed by atoms with Crippen molar-refractivity contribution in [1.82, 2.24) is 15.1 Å². The zero-order chi connectivity index (χ0) is 19.2. The molecule has 2 fully saturated rings. The summed E-state index contributed by atoms with van der Waals surface area (Å²) in [6, 6.07) is 9.52. The van der Waals surface area contributed by atoms with Crippen LogP contribution in [0.25, 0.3) is 0 Å². The second kappa shape index (κ2) is 9.36. The van der Waals surface area contributed by atoms with E-state index in [1.807, 2.05) is 35.2 Å². The minimum atomic E-state index is -0.461. The van der Waals surface area contributed by atoms with E-state index in [2.05, 4.69) is 24.1 Å². The first-order valence-electron chi connectivity index (χ1n) is 10.4. The fourth-order valence-corrected chi connectivity index (χ4v) is 4.23. The van der Waals surface area contributed by atoms with Gasteiger partial charge >= 0.3 is 0 Å². The van der Waals surface area contributed by atoms with Crippen LogP contribution in [0, 0.1) is 11.8 Å². The van der Waals surface area contributed by atoms with Gasteiger partial charge in [-0.2, -0.15) is 0 Å². The van der Waals surface area contributed by atoms with E-state index >= 15 is 0 Å². The normalized spacial score (nSPS) is 21.6. The van der Waals surface area contributed by atoms with Crippen molar-refractivity contribution in [1.29, 1.82) is 0 Å². The monoisotopic (exact) mass is 371 g/mol. The molecule has 2 amide bonds. The predicted molar refractivity (Wildman–Crippen MR) is 107 cm³/mol. The number of amides is 2. The largest absolute Gasteiger partial charge is 0.344 e. The van der Waals surface area contributed by atoms with Crippen LogP contribution in [0.4, 0.5) is 0 Å². The van der Waals surface area contributed by atoms with Crippen LogP contribution in [-0.4, -0.2) is 60.4 Å². The van der Waals surface area contributed by atoms with Crippen LogP contribution in [-0.2, 0) is 16.0 Å². The Bertz CT molecular complexity index is 626. The third-order valence-electron chi connectivity index (χ3n) is 5.58. The van der Waals surface area contributed by atoms with Gasteiger partial charge in [-0.3, -0.25) is 9.59 Å². The molecule has 3 rings (SSSR count). The van der Waals surface area contributed by atoms with E-state index in [1.165, 1.54) is 0 Å². The maximum atomic E-state index is 13.0. The van der Waals surface area contributed by atoms with Crippen LogP contribution in [0.1, 0.15) is 38.7 Å². The molecule has 1 aromatic rings. The lowest BCUT2D eigenvalue weighted by molar-refractivity contribution is -0.136. The van der Waals surface area contributed by atoms with E-state index in [9.17, 15) is 9.59 Å². The third-order valence-corrected chi connectivity index (χ3v) is 5.58. The van der Waals surface area contributed by atoms with Gasteiger partial charge in [0, 0.05) is 32.6 Å². The van der Waals surface area contributed by atoms with Gasteiger partial charge in [0.2, 0.25) is 11.8 Å². The first kappa shape index (κ1) is 19.9. The molecule has 5 heteroatoms. The number of rotatable bonds is 7. The molecule has 0 spiro atoms. The summed E-state index contributed by atoms with van der Waals surface area (Å²) in [4.78, 5) is 30.2. The van der Waals surface area contributed by atoms with Gasteiger partial charge in [-0.15, -0.1) is 0 Å². The van der Waals surface area contributed by atoms with Crippen molar-refractivity contribution in [2.45, 2.75) is 45.6 Å². The molecule has 1 N–H and O–H groups in total. The Morgan fingerprint density at radius 1 is 1.11 bits per heavy atom. The Balaban J connectivity index is 1.63. The van der Waals surface area contributed by atoms with E-state index in [-0.39, 0.29) is 17.7 Å². The quantitative estimate of drug-likeness (QED) is 0.800. The molecule has 27 heavy (non-hydrogen) atoms. The Hall–Kier alpha value is -1.88. The highest BCUT2D eigenvalue weighted by atomic mass is 16.2. The van der Waals surface area contributed by atoms with Crippen LogP contribution in [0.15, 0.2) is 30.3 Å². The van der Waals surface area contributed by atoms with Crippen LogP contribution in [0.2, 0.25) is 0 Å². The summed E-state index contributed by atoms with van der Waals surface area (Å²) in [5.74, 6) is 0.708. The molecule has 148 valence electrons. The van der Waals surface area contributed by atoms with Gasteiger partial charge < -0.3 is 15.1 Å². The van der Waals surface area contributed by atoms with Crippen molar-refractivity contribution in [3.05, 3.63) is 35.9 Å².